The summed E-state index contributed by atoms with van der Waals surface area (Å²) in [7, 11) is 1.65. The van der Waals surface area contributed by atoms with Gasteiger partial charge in [0.1, 0.15) is 11.3 Å². The fourth-order valence-electron chi connectivity index (χ4n) is 3.08. The van der Waals surface area contributed by atoms with E-state index in [9.17, 15) is 0 Å². The minimum Gasteiger partial charge on any atom is -0.494 e. The number of hydrogen-bond acceptors (Lipinski definition) is 3. The minimum absolute atomic E-state index is 0.109. The third-order valence-corrected chi connectivity index (χ3v) is 4.67. The number of pyridine rings is 1. The average molecular weight is 366 g/mol. The Morgan fingerprint density at radius 3 is 2.73 bits per heavy atom. The van der Waals surface area contributed by atoms with Crippen LogP contribution in [0.15, 0.2) is 48.7 Å². The number of nitrogens with one attached hydrogen (secondary N) is 2. The molecule has 0 spiro atoms. The first-order valence-electron chi connectivity index (χ1n) is 8.56. The molecule has 0 saturated carbocycles. The molecule has 0 fully saturated rings. The first-order valence-corrected chi connectivity index (χ1v) is 8.97. The van der Waals surface area contributed by atoms with Crippen LogP contribution in [0.25, 0.3) is 10.9 Å². The van der Waals surface area contributed by atoms with Gasteiger partial charge in [0.25, 0.3) is 0 Å². The van der Waals surface area contributed by atoms with E-state index in [0.717, 1.165) is 22.3 Å². The number of fused-ring (bicyclic) bond motifs is 1. The maximum Gasteiger partial charge on any atom is 0.171 e. The van der Waals surface area contributed by atoms with Gasteiger partial charge in [-0.2, -0.15) is 0 Å². The van der Waals surface area contributed by atoms with Crippen molar-refractivity contribution in [3.05, 3.63) is 65.4 Å². The van der Waals surface area contributed by atoms with Crippen LogP contribution in [0.1, 0.15) is 29.7 Å². The van der Waals surface area contributed by atoms with E-state index < -0.39 is 0 Å². The standard InChI is InChI=1S/C21H23N3OS/c1-13-7-8-14(2)17(12-13)15(3)23-21(26)24-18-9-10-19(25-4)20-16(18)6-5-11-22-20/h5-12,15H,1-4H3,(H2,23,24,26)/t15-/m1/s1. The zero-order valence-corrected chi connectivity index (χ0v) is 16.3. The highest BCUT2D eigenvalue weighted by Crippen LogP contribution is 2.29. The summed E-state index contributed by atoms with van der Waals surface area (Å²) in [4.78, 5) is 4.42. The Kier molecular flexibility index (Phi) is 5.38. The number of methoxy groups -OCH3 is 1. The molecule has 1 heterocycles. The molecule has 2 aromatic carbocycles. The summed E-state index contributed by atoms with van der Waals surface area (Å²) in [6.07, 6.45) is 1.76. The van der Waals surface area contributed by atoms with E-state index >= 15 is 0 Å². The summed E-state index contributed by atoms with van der Waals surface area (Å²) in [5.41, 5.74) is 5.45. The van der Waals surface area contributed by atoms with Crippen LogP contribution in [-0.4, -0.2) is 17.2 Å². The van der Waals surface area contributed by atoms with Gasteiger partial charge >= 0.3 is 0 Å². The fraction of sp³-hybridized carbons (Fsp3) is 0.238. The number of anilines is 1. The zero-order chi connectivity index (χ0) is 18.7. The molecular weight excluding hydrogens is 342 g/mol. The summed E-state index contributed by atoms with van der Waals surface area (Å²) >= 11 is 5.54. The predicted molar refractivity (Wildman–Crippen MR) is 112 cm³/mol. The molecule has 0 bridgehead atoms. The molecule has 5 heteroatoms. The van der Waals surface area contributed by atoms with Crippen LogP contribution in [0.2, 0.25) is 0 Å². The lowest BCUT2D eigenvalue weighted by Gasteiger charge is -2.20. The van der Waals surface area contributed by atoms with Crippen LogP contribution in [0.5, 0.6) is 5.75 Å². The van der Waals surface area contributed by atoms with Gasteiger partial charge in [0.05, 0.1) is 13.2 Å². The summed E-state index contributed by atoms with van der Waals surface area (Å²) < 4.78 is 5.40. The highest BCUT2D eigenvalue weighted by atomic mass is 32.1. The Bertz CT molecular complexity index is 955. The highest BCUT2D eigenvalue weighted by Gasteiger charge is 2.12. The number of thiocarbonyl (C=S) groups is 1. The molecule has 3 aromatic rings. The molecule has 4 nitrogen and oxygen atoms in total. The minimum atomic E-state index is 0.109. The topological polar surface area (TPSA) is 46.2 Å². The predicted octanol–water partition coefficient (Wildman–Crippen LogP) is 4.91. The van der Waals surface area contributed by atoms with E-state index in [-0.39, 0.29) is 6.04 Å². The Morgan fingerprint density at radius 1 is 1.15 bits per heavy atom. The van der Waals surface area contributed by atoms with Crippen LogP contribution in [0.3, 0.4) is 0 Å². The molecule has 1 atom stereocenters. The van der Waals surface area contributed by atoms with E-state index in [0.29, 0.717) is 5.11 Å². The lowest BCUT2D eigenvalue weighted by Crippen LogP contribution is -2.31. The summed E-state index contributed by atoms with van der Waals surface area (Å²) in [6, 6.07) is 14.3. The average Bonchev–Trinajstić information content (AvgIpc) is 2.64. The number of aromatic nitrogens is 1. The SMILES string of the molecule is COc1ccc(NC(=S)N[C@H](C)c2cc(C)ccc2C)c2cccnc12. The van der Waals surface area contributed by atoms with Gasteiger partial charge in [-0.1, -0.05) is 23.8 Å². The van der Waals surface area contributed by atoms with Crippen molar-refractivity contribution < 1.29 is 4.74 Å². The number of nitrogens with zero attached hydrogens (tertiary/aromatic N) is 1. The largest absolute Gasteiger partial charge is 0.494 e. The molecule has 0 unspecified atom stereocenters. The Hall–Kier alpha value is -2.66. The Balaban J connectivity index is 1.80. The van der Waals surface area contributed by atoms with E-state index in [1.165, 1.54) is 16.7 Å². The van der Waals surface area contributed by atoms with Crippen molar-refractivity contribution in [2.24, 2.45) is 0 Å². The van der Waals surface area contributed by atoms with Gasteiger partial charge < -0.3 is 15.4 Å². The Labute approximate surface area is 159 Å². The maximum atomic E-state index is 5.54. The second-order valence-electron chi connectivity index (χ2n) is 6.40. The molecule has 1 aromatic heterocycles. The van der Waals surface area contributed by atoms with Crippen molar-refractivity contribution in [2.45, 2.75) is 26.8 Å². The second kappa shape index (κ2) is 7.70. The fourth-order valence-corrected chi connectivity index (χ4v) is 3.37. The van der Waals surface area contributed by atoms with Crippen molar-refractivity contribution in [1.82, 2.24) is 10.3 Å². The monoisotopic (exact) mass is 365 g/mol. The third kappa shape index (κ3) is 3.78. The quantitative estimate of drug-likeness (QED) is 0.644. The van der Waals surface area contributed by atoms with E-state index in [1.54, 1.807) is 13.3 Å². The van der Waals surface area contributed by atoms with E-state index in [2.05, 4.69) is 54.6 Å². The van der Waals surface area contributed by atoms with Crippen molar-refractivity contribution in [3.8, 4) is 5.75 Å². The third-order valence-electron chi connectivity index (χ3n) is 4.45. The van der Waals surface area contributed by atoms with Gasteiger partial charge in [-0.15, -0.1) is 0 Å². The summed E-state index contributed by atoms with van der Waals surface area (Å²) in [6.45, 7) is 6.33. The van der Waals surface area contributed by atoms with Crippen LogP contribution in [0, 0.1) is 13.8 Å². The maximum absolute atomic E-state index is 5.54. The molecular formula is C21H23N3OS. The zero-order valence-electron chi connectivity index (χ0n) is 15.5. The number of hydrogen-bond donors (Lipinski definition) is 2. The molecule has 0 aliphatic heterocycles. The number of benzene rings is 2. The van der Waals surface area contributed by atoms with Gasteiger partial charge in [0, 0.05) is 17.3 Å². The molecule has 134 valence electrons. The number of rotatable bonds is 4. The van der Waals surface area contributed by atoms with Crippen LogP contribution < -0.4 is 15.4 Å². The Morgan fingerprint density at radius 2 is 1.96 bits per heavy atom. The molecule has 0 saturated heterocycles. The molecule has 26 heavy (non-hydrogen) atoms. The molecule has 2 N–H and O–H groups in total. The highest BCUT2D eigenvalue weighted by molar-refractivity contribution is 7.80. The van der Waals surface area contributed by atoms with Crippen molar-refractivity contribution in [2.75, 3.05) is 12.4 Å². The first-order chi connectivity index (χ1) is 12.5. The van der Waals surface area contributed by atoms with Crippen molar-refractivity contribution >= 4 is 33.9 Å². The van der Waals surface area contributed by atoms with Crippen molar-refractivity contribution in [3.63, 3.8) is 0 Å². The number of ether oxygens (including phenoxy) is 1. The van der Waals surface area contributed by atoms with Gasteiger partial charge in [-0.25, -0.2) is 0 Å². The van der Waals surface area contributed by atoms with Gasteiger partial charge in [0.2, 0.25) is 0 Å². The lowest BCUT2D eigenvalue weighted by atomic mass is 10.0. The van der Waals surface area contributed by atoms with Gasteiger partial charge in [-0.3, -0.25) is 4.98 Å². The first kappa shape index (κ1) is 18.1. The molecule has 0 radical (unpaired) electrons. The van der Waals surface area contributed by atoms with E-state index in [1.807, 2.05) is 24.3 Å². The van der Waals surface area contributed by atoms with Crippen LogP contribution in [0.4, 0.5) is 5.69 Å². The smallest absolute Gasteiger partial charge is 0.171 e. The molecule has 0 aliphatic carbocycles. The normalized spacial score (nSPS) is 11.8. The van der Waals surface area contributed by atoms with Gasteiger partial charge in [-0.05, 0) is 68.4 Å². The van der Waals surface area contributed by atoms with E-state index in [4.69, 9.17) is 17.0 Å². The summed E-state index contributed by atoms with van der Waals surface area (Å²) in [5.74, 6) is 0.744. The van der Waals surface area contributed by atoms with Gasteiger partial charge in [0.15, 0.2) is 5.11 Å². The molecule has 0 aliphatic rings. The van der Waals surface area contributed by atoms with Crippen molar-refractivity contribution in [1.29, 1.82) is 0 Å². The second-order valence-corrected chi connectivity index (χ2v) is 6.80. The molecule has 3 rings (SSSR count). The molecule has 0 amide bonds. The van der Waals surface area contributed by atoms with Crippen LogP contribution in [-0.2, 0) is 0 Å². The lowest BCUT2D eigenvalue weighted by molar-refractivity contribution is 0.419. The summed E-state index contributed by atoms with van der Waals surface area (Å²) in [5, 5.41) is 8.22. The number of aryl methyl sites for hydroxylation is 2. The van der Waals surface area contributed by atoms with Crippen LogP contribution >= 0.6 is 12.2 Å².